The molecule has 19 heavy (non-hydrogen) atoms. The fourth-order valence-electron chi connectivity index (χ4n) is 2.20. The molecule has 2 aromatic rings. The highest BCUT2D eigenvalue weighted by atomic mass is 16.1. The maximum Gasteiger partial charge on any atom is 0.251 e. The quantitative estimate of drug-likeness (QED) is 0.749. The van der Waals surface area contributed by atoms with E-state index in [1.165, 1.54) is 0 Å². The molecule has 0 spiro atoms. The molecule has 0 N–H and O–H groups in total. The normalized spacial score (nSPS) is 10.4. The Balaban J connectivity index is 2.37. The number of hydrogen-bond donors (Lipinski definition) is 0. The second-order valence-electron chi connectivity index (χ2n) is 4.76. The van der Waals surface area contributed by atoms with Crippen molar-refractivity contribution in [3.05, 3.63) is 82.3 Å². The van der Waals surface area contributed by atoms with Gasteiger partial charge in [0, 0.05) is 11.8 Å². The molecule has 0 radical (unpaired) electrons. The van der Waals surface area contributed by atoms with E-state index in [0.29, 0.717) is 6.54 Å². The van der Waals surface area contributed by atoms with E-state index in [9.17, 15) is 4.79 Å². The Hall–Kier alpha value is -2.09. The lowest BCUT2D eigenvalue weighted by atomic mass is 10.1. The van der Waals surface area contributed by atoms with Crippen LogP contribution in [0.1, 0.15) is 23.2 Å². The third-order valence-electron chi connectivity index (χ3n) is 3.15. The largest absolute Gasteiger partial charge is 0.308 e. The van der Waals surface area contributed by atoms with Gasteiger partial charge in [-0.15, -0.1) is 6.58 Å². The van der Waals surface area contributed by atoms with Crippen LogP contribution in [0.3, 0.4) is 0 Å². The van der Waals surface area contributed by atoms with Gasteiger partial charge in [0.15, 0.2) is 0 Å². The van der Waals surface area contributed by atoms with Crippen LogP contribution in [0.25, 0.3) is 0 Å². The number of pyridine rings is 1. The van der Waals surface area contributed by atoms with E-state index < -0.39 is 0 Å². The van der Waals surface area contributed by atoms with E-state index in [1.807, 2.05) is 47.9 Å². The number of benzene rings is 1. The van der Waals surface area contributed by atoms with E-state index in [1.54, 1.807) is 6.07 Å². The average molecular weight is 253 g/mol. The van der Waals surface area contributed by atoms with Crippen molar-refractivity contribution in [2.75, 3.05) is 0 Å². The van der Waals surface area contributed by atoms with Crippen LogP contribution in [0, 0.1) is 6.92 Å². The Labute approximate surface area is 114 Å². The lowest BCUT2D eigenvalue weighted by molar-refractivity contribution is 0.694. The number of allylic oxidation sites excluding steroid dienone is 1. The highest BCUT2D eigenvalue weighted by Crippen LogP contribution is 2.08. The Morgan fingerprint density at radius 1 is 1.21 bits per heavy atom. The van der Waals surface area contributed by atoms with E-state index in [2.05, 4.69) is 12.6 Å². The van der Waals surface area contributed by atoms with Crippen LogP contribution >= 0.6 is 0 Å². The first-order valence-corrected chi connectivity index (χ1v) is 6.56. The third kappa shape index (κ3) is 3.44. The molecule has 0 saturated carbocycles. The zero-order chi connectivity index (χ0) is 13.7. The molecule has 0 bridgehead atoms. The molecule has 1 aromatic carbocycles. The van der Waals surface area contributed by atoms with Gasteiger partial charge in [0.1, 0.15) is 0 Å². The topological polar surface area (TPSA) is 22.0 Å². The fourth-order valence-corrected chi connectivity index (χ4v) is 2.20. The molecule has 2 heteroatoms. The number of hydrogen-bond acceptors (Lipinski definition) is 1. The monoisotopic (exact) mass is 253 g/mol. The Morgan fingerprint density at radius 3 is 2.63 bits per heavy atom. The average Bonchev–Trinajstić information content (AvgIpc) is 2.41. The minimum absolute atomic E-state index is 0.0721. The van der Waals surface area contributed by atoms with Crippen molar-refractivity contribution < 1.29 is 0 Å². The Morgan fingerprint density at radius 2 is 1.95 bits per heavy atom. The summed E-state index contributed by atoms with van der Waals surface area (Å²) in [5.74, 6) is 0. The summed E-state index contributed by atoms with van der Waals surface area (Å²) in [6.45, 7) is 6.34. The molecule has 0 unspecified atom stereocenters. The molecule has 2 rings (SSSR count). The lowest BCUT2D eigenvalue weighted by Gasteiger charge is -2.13. The second-order valence-corrected chi connectivity index (χ2v) is 4.76. The van der Waals surface area contributed by atoms with Crippen LogP contribution < -0.4 is 5.56 Å². The lowest BCUT2D eigenvalue weighted by Crippen LogP contribution is -2.23. The number of aryl methyl sites for hydroxylation is 2. The maximum absolute atomic E-state index is 12.2. The van der Waals surface area contributed by atoms with E-state index >= 15 is 0 Å². The standard InChI is InChI=1S/C17H19NO/c1-3-4-10-16-11-14(2)12-17(19)18(16)13-15-8-6-5-7-9-15/h3,5-9,11-12H,1,4,10,13H2,2H3. The molecule has 98 valence electrons. The summed E-state index contributed by atoms with van der Waals surface area (Å²) in [4.78, 5) is 12.2. The smallest absolute Gasteiger partial charge is 0.251 e. The van der Waals surface area contributed by atoms with E-state index in [4.69, 9.17) is 0 Å². The summed E-state index contributed by atoms with van der Waals surface area (Å²) in [6, 6.07) is 13.9. The molecule has 0 aliphatic carbocycles. The predicted molar refractivity (Wildman–Crippen MR) is 79.5 cm³/mol. The van der Waals surface area contributed by atoms with Gasteiger partial charge in [-0.05, 0) is 37.0 Å². The summed E-state index contributed by atoms with van der Waals surface area (Å²) in [6.07, 6.45) is 3.63. The number of aromatic nitrogens is 1. The number of rotatable bonds is 5. The van der Waals surface area contributed by atoms with Crippen molar-refractivity contribution in [3.63, 3.8) is 0 Å². The molecule has 2 nitrogen and oxygen atoms in total. The first-order chi connectivity index (χ1) is 9.20. The fraction of sp³-hybridized carbons (Fsp3) is 0.235. The van der Waals surface area contributed by atoms with Gasteiger partial charge >= 0.3 is 0 Å². The van der Waals surface area contributed by atoms with E-state index in [-0.39, 0.29) is 5.56 Å². The summed E-state index contributed by atoms with van der Waals surface area (Å²) in [5, 5.41) is 0. The molecule has 0 atom stereocenters. The zero-order valence-electron chi connectivity index (χ0n) is 11.3. The molecule has 1 aromatic heterocycles. The van der Waals surface area contributed by atoms with Gasteiger partial charge in [-0.25, -0.2) is 0 Å². The van der Waals surface area contributed by atoms with Crippen LogP contribution in [-0.4, -0.2) is 4.57 Å². The Bertz CT molecular complexity index is 611. The molecule has 0 aliphatic heterocycles. The SMILES string of the molecule is C=CCCc1cc(C)cc(=O)n1Cc1ccccc1. The summed E-state index contributed by atoms with van der Waals surface area (Å²) in [7, 11) is 0. The maximum atomic E-state index is 12.2. The van der Waals surface area contributed by atoms with Crippen molar-refractivity contribution in [2.24, 2.45) is 0 Å². The van der Waals surface area contributed by atoms with Gasteiger partial charge in [0.2, 0.25) is 0 Å². The van der Waals surface area contributed by atoms with Gasteiger partial charge < -0.3 is 4.57 Å². The predicted octanol–water partition coefficient (Wildman–Crippen LogP) is 3.32. The van der Waals surface area contributed by atoms with Crippen molar-refractivity contribution in [3.8, 4) is 0 Å². The van der Waals surface area contributed by atoms with Crippen LogP contribution in [0.4, 0.5) is 0 Å². The van der Waals surface area contributed by atoms with Crippen molar-refractivity contribution in [1.29, 1.82) is 0 Å². The molecular formula is C17H19NO. The molecule has 0 aliphatic rings. The zero-order valence-corrected chi connectivity index (χ0v) is 11.3. The van der Waals surface area contributed by atoms with Crippen LogP contribution in [0.2, 0.25) is 0 Å². The van der Waals surface area contributed by atoms with Crippen LogP contribution in [-0.2, 0) is 13.0 Å². The third-order valence-corrected chi connectivity index (χ3v) is 3.15. The highest BCUT2D eigenvalue weighted by Gasteiger charge is 2.05. The summed E-state index contributed by atoms with van der Waals surface area (Å²) >= 11 is 0. The number of nitrogens with zero attached hydrogens (tertiary/aromatic N) is 1. The van der Waals surface area contributed by atoms with Crippen molar-refractivity contribution in [1.82, 2.24) is 4.57 Å². The summed E-state index contributed by atoms with van der Waals surface area (Å²) < 4.78 is 1.85. The molecular weight excluding hydrogens is 234 g/mol. The minimum Gasteiger partial charge on any atom is -0.308 e. The Kier molecular flexibility index (Phi) is 4.35. The molecule has 0 saturated heterocycles. The first-order valence-electron chi connectivity index (χ1n) is 6.56. The van der Waals surface area contributed by atoms with E-state index in [0.717, 1.165) is 29.7 Å². The van der Waals surface area contributed by atoms with Gasteiger partial charge in [-0.2, -0.15) is 0 Å². The van der Waals surface area contributed by atoms with Crippen LogP contribution in [0.15, 0.2) is 59.9 Å². The van der Waals surface area contributed by atoms with Gasteiger partial charge in [0.25, 0.3) is 5.56 Å². The van der Waals surface area contributed by atoms with Crippen molar-refractivity contribution in [2.45, 2.75) is 26.3 Å². The van der Waals surface area contributed by atoms with Crippen molar-refractivity contribution >= 4 is 0 Å². The summed E-state index contributed by atoms with van der Waals surface area (Å²) in [5.41, 5.74) is 3.32. The molecule has 0 amide bonds. The van der Waals surface area contributed by atoms with Gasteiger partial charge in [0.05, 0.1) is 6.54 Å². The molecule has 0 fully saturated rings. The van der Waals surface area contributed by atoms with Gasteiger partial charge in [-0.1, -0.05) is 36.4 Å². The second kappa shape index (κ2) is 6.19. The van der Waals surface area contributed by atoms with Crippen LogP contribution in [0.5, 0.6) is 0 Å². The minimum atomic E-state index is 0.0721. The van der Waals surface area contributed by atoms with Gasteiger partial charge in [-0.3, -0.25) is 4.79 Å². The first kappa shape index (κ1) is 13.3. The highest BCUT2D eigenvalue weighted by molar-refractivity contribution is 5.21. The molecule has 1 heterocycles.